The van der Waals surface area contributed by atoms with E-state index < -0.39 is 24.0 Å². The molecule has 0 fully saturated rings. The highest BCUT2D eigenvalue weighted by Gasteiger charge is 2.44. The summed E-state index contributed by atoms with van der Waals surface area (Å²) in [5.74, 6) is -1.89. The molecule has 0 amide bonds. The van der Waals surface area contributed by atoms with Gasteiger partial charge in [0, 0.05) is 5.92 Å². The minimum absolute atomic E-state index is 0.0303. The molecule has 2 unspecified atom stereocenters. The molecule has 0 aliphatic heterocycles. The lowest BCUT2D eigenvalue weighted by molar-refractivity contribution is -0.174. The maximum atomic E-state index is 12.0. The summed E-state index contributed by atoms with van der Waals surface area (Å²) in [5.41, 5.74) is -0.409. The van der Waals surface area contributed by atoms with Crippen LogP contribution < -0.4 is 0 Å². The Hall–Kier alpha value is -2.04. The molecule has 5 nitrogen and oxygen atoms in total. The summed E-state index contributed by atoms with van der Waals surface area (Å²) in [7, 11) is 0. The zero-order valence-corrected chi connectivity index (χ0v) is 14.4. The number of aliphatic carboxylic acids is 1. The van der Waals surface area contributed by atoms with Crippen LogP contribution in [-0.4, -0.2) is 22.2 Å². The third-order valence-electron chi connectivity index (χ3n) is 4.18. The van der Waals surface area contributed by atoms with E-state index in [1.807, 2.05) is 6.92 Å². The highest BCUT2D eigenvalue weighted by atomic mass is 16.6. The van der Waals surface area contributed by atoms with Crippen LogP contribution in [0.5, 0.6) is 5.75 Å². The number of hydrogen-bond acceptors (Lipinski definition) is 4. The second kappa shape index (κ2) is 7.02. The highest BCUT2D eigenvalue weighted by Crippen LogP contribution is 2.45. The van der Waals surface area contributed by atoms with E-state index in [4.69, 9.17) is 9.84 Å². The van der Waals surface area contributed by atoms with Crippen molar-refractivity contribution in [2.75, 3.05) is 0 Å². The van der Waals surface area contributed by atoms with Gasteiger partial charge >= 0.3 is 11.9 Å². The maximum Gasteiger partial charge on any atom is 0.318 e. The van der Waals surface area contributed by atoms with Gasteiger partial charge in [0.15, 0.2) is 0 Å². The van der Waals surface area contributed by atoms with Crippen molar-refractivity contribution in [3.63, 3.8) is 0 Å². The second-order valence-electron chi connectivity index (χ2n) is 7.03. The van der Waals surface area contributed by atoms with Crippen molar-refractivity contribution in [3.05, 3.63) is 29.8 Å². The van der Waals surface area contributed by atoms with Gasteiger partial charge in [-0.15, -0.1) is 0 Å². The number of hydrogen-bond donors (Lipinski definition) is 2. The lowest BCUT2D eigenvalue weighted by Gasteiger charge is -2.44. The third-order valence-corrected chi connectivity index (χ3v) is 4.18. The van der Waals surface area contributed by atoms with Gasteiger partial charge in [0.1, 0.15) is 17.8 Å². The largest absolute Gasteiger partial charge is 0.508 e. The standard InChI is InChI=1S/C18H26O5/c1-6-14(17(2,3)4)18(5,23-16(22)11-15(20)21)12-7-9-13(19)10-8-12/h7-10,14,19H,6,11H2,1-5H3,(H,20,21). The van der Waals surface area contributed by atoms with Gasteiger partial charge in [0.05, 0.1) is 0 Å². The zero-order chi connectivity index (χ0) is 17.8. The molecule has 0 heterocycles. The number of aromatic hydroxyl groups is 1. The van der Waals surface area contributed by atoms with E-state index in [0.717, 1.165) is 12.0 Å². The molecule has 0 spiro atoms. The summed E-state index contributed by atoms with van der Waals surface area (Å²) in [5, 5.41) is 18.3. The summed E-state index contributed by atoms with van der Waals surface area (Å²) in [4.78, 5) is 22.8. The van der Waals surface area contributed by atoms with E-state index in [0.29, 0.717) is 0 Å². The quantitative estimate of drug-likeness (QED) is 0.616. The molecular formula is C18H26O5. The monoisotopic (exact) mass is 322 g/mol. The Morgan fingerprint density at radius 1 is 1.13 bits per heavy atom. The molecule has 0 radical (unpaired) electrons. The van der Waals surface area contributed by atoms with Gasteiger partial charge < -0.3 is 14.9 Å². The molecule has 0 saturated carbocycles. The molecule has 0 saturated heterocycles. The van der Waals surface area contributed by atoms with Crippen molar-refractivity contribution in [1.29, 1.82) is 0 Å². The van der Waals surface area contributed by atoms with Gasteiger partial charge in [0.25, 0.3) is 0 Å². The predicted octanol–water partition coefficient (Wildman–Crippen LogP) is 3.70. The topological polar surface area (TPSA) is 83.8 Å². The Morgan fingerprint density at radius 3 is 2.04 bits per heavy atom. The molecule has 2 atom stereocenters. The van der Waals surface area contributed by atoms with Crippen molar-refractivity contribution in [2.24, 2.45) is 11.3 Å². The number of carboxylic acid groups (broad SMARTS) is 1. The highest BCUT2D eigenvalue weighted by molar-refractivity contribution is 5.90. The van der Waals surface area contributed by atoms with Crippen LogP contribution >= 0.6 is 0 Å². The first-order valence-corrected chi connectivity index (χ1v) is 7.73. The first-order valence-electron chi connectivity index (χ1n) is 7.73. The smallest absolute Gasteiger partial charge is 0.318 e. The maximum absolute atomic E-state index is 12.0. The molecule has 1 aromatic carbocycles. The summed E-state index contributed by atoms with van der Waals surface area (Å²) in [6, 6.07) is 6.48. The fraction of sp³-hybridized carbons (Fsp3) is 0.556. The number of benzene rings is 1. The Kier molecular flexibility index (Phi) is 5.81. The number of phenols is 1. The Balaban J connectivity index is 3.31. The molecule has 1 aromatic rings. The Bertz CT molecular complexity index is 556. The van der Waals surface area contributed by atoms with Crippen LogP contribution in [0.3, 0.4) is 0 Å². The minimum Gasteiger partial charge on any atom is -0.508 e. The van der Waals surface area contributed by atoms with Gasteiger partial charge in [-0.3, -0.25) is 9.59 Å². The lowest BCUT2D eigenvalue weighted by Crippen LogP contribution is -2.43. The van der Waals surface area contributed by atoms with Gasteiger partial charge in [-0.2, -0.15) is 0 Å². The van der Waals surface area contributed by atoms with E-state index in [1.165, 1.54) is 12.1 Å². The van der Waals surface area contributed by atoms with Gasteiger partial charge in [0.2, 0.25) is 0 Å². The molecule has 2 N–H and O–H groups in total. The van der Waals surface area contributed by atoms with Crippen LogP contribution in [0.2, 0.25) is 0 Å². The normalized spacial score (nSPS) is 15.5. The van der Waals surface area contributed by atoms with Gasteiger partial charge in [-0.05, 0) is 36.5 Å². The summed E-state index contributed by atoms with van der Waals surface area (Å²) >= 11 is 0. The third kappa shape index (κ3) is 4.71. The van der Waals surface area contributed by atoms with Crippen LogP contribution in [0, 0.1) is 11.3 Å². The average Bonchev–Trinajstić information content (AvgIpc) is 2.36. The van der Waals surface area contributed by atoms with Gasteiger partial charge in [-0.1, -0.05) is 39.8 Å². The minimum atomic E-state index is -1.22. The van der Waals surface area contributed by atoms with Gasteiger partial charge in [-0.25, -0.2) is 0 Å². The van der Waals surface area contributed by atoms with Crippen molar-refractivity contribution < 1.29 is 24.5 Å². The average molecular weight is 322 g/mol. The zero-order valence-electron chi connectivity index (χ0n) is 14.4. The summed E-state index contributed by atoms with van der Waals surface area (Å²) in [6.07, 6.45) is 0.0788. The molecule has 0 aliphatic rings. The molecule has 23 heavy (non-hydrogen) atoms. The van der Waals surface area contributed by atoms with Crippen LogP contribution in [0.1, 0.15) is 53.0 Å². The Labute approximate surface area is 137 Å². The number of carboxylic acids is 1. The summed E-state index contributed by atoms with van der Waals surface area (Å²) < 4.78 is 5.65. The van der Waals surface area contributed by atoms with Crippen molar-refractivity contribution in [1.82, 2.24) is 0 Å². The Morgan fingerprint density at radius 2 is 1.65 bits per heavy atom. The van der Waals surface area contributed by atoms with Crippen molar-refractivity contribution in [2.45, 2.75) is 53.1 Å². The molecular weight excluding hydrogens is 296 g/mol. The molecule has 0 bridgehead atoms. The van der Waals surface area contributed by atoms with E-state index in [2.05, 4.69) is 20.8 Å². The van der Waals surface area contributed by atoms with Crippen LogP contribution in [0.25, 0.3) is 0 Å². The number of carbonyl (C=O) groups is 2. The molecule has 128 valence electrons. The SMILES string of the molecule is CCC(C(C)(C)C)C(C)(OC(=O)CC(=O)O)c1ccc(O)cc1. The number of esters is 1. The second-order valence-corrected chi connectivity index (χ2v) is 7.03. The van der Waals surface area contributed by atoms with Crippen LogP contribution in [0.15, 0.2) is 24.3 Å². The number of ether oxygens (including phenoxy) is 1. The molecule has 1 rings (SSSR count). The fourth-order valence-electron chi connectivity index (χ4n) is 3.35. The van der Waals surface area contributed by atoms with E-state index in [-0.39, 0.29) is 17.1 Å². The molecule has 0 aromatic heterocycles. The number of phenolic OH excluding ortho intramolecular Hbond substituents is 1. The number of rotatable bonds is 6. The summed E-state index contributed by atoms with van der Waals surface area (Å²) in [6.45, 7) is 10.00. The van der Waals surface area contributed by atoms with E-state index in [1.54, 1.807) is 19.1 Å². The van der Waals surface area contributed by atoms with Crippen molar-refractivity contribution >= 4 is 11.9 Å². The lowest BCUT2D eigenvalue weighted by atomic mass is 9.67. The van der Waals surface area contributed by atoms with Crippen LogP contribution in [-0.2, 0) is 19.9 Å². The molecule has 5 heteroatoms. The first kappa shape index (κ1) is 19.0. The van der Waals surface area contributed by atoms with E-state index >= 15 is 0 Å². The first-order chi connectivity index (χ1) is 10.5. The van der Waals surface area contributed by atoms with Crippen LogP contribution in [0.4, 0.5) is 0 Å². The number of carbonyl (C=O) groups excluding carboxylic acids is 1. The fourth-order valence-corrected chi connectivity index (χ4v) is 3.35. The molecule has 0 aliphatic carbocycles. The van der Waals surface area contributed by atoms with Crippen molar-refractivity contribution in [3.8, 4) is 5.75 Å². The van der Waals surface area contributed by atoms with E-state index in [9.17, 15) is 14.7 Å². The predicted molar refractivity (Wildman–Crippen MR) is 87.0 cm³/mol.